The molecule has 0 spiro atoms. The number of amides is 1. The van der Waals surface area contributed by atoms with Gasteiger partial charge in [-0.25, -0.2) is 4.98 Å². The van der Waals surface area contributed by atoms with Crippen LogP contribution in [0.2, 0.25) is 0 Å². The molecule has 0 fully saturated rings. The summed E-state index contributed by atoms with van der Waals surface area (Å²) in [6.45, 7) is 0. The van der Waals surface area contributed by atoms with Crippen LogP contribution < -0.4 is 16.4 Å². The lowest BCUT2D eigenvalue weighted by atomic mass is 10.2. The Morgan fingerprint density at radius 1 is 1.27 bits per heavy atom. The van der Waals surface area contributed by atoms with Crippen molar-refractivity contribution in [3.05, 3.63) is 54.1 Å². The van der Waals surface area contributed by atoms with E-state index in [1.807, 2.05) is 0 Å². The van der Waals surface area contributed by atoms with Crippen molar-refractivity contribution in [2.45, 2.75) is 0 Å². The number of carbonyl (C=O) groups excluding carboxylic acids is 1. The Kier molecular flexibility index (Phi) is 5.13. The van der Waals surface area contributed by atoms with E-state index in [4.69, 9.17) is 11.1 Å². The zero-order valence-corrected chi connectivity index (χ0v) is 16.5. The molecular formula is C18H16N10OS. The van der Waals surface area contributed by atoms with Crippen molar-refractivity contribution in [1.82, 2.24) is 29.9 Å². The SMILES string of the molecule is Cn1cc(C(=O)Nc2cncc(-c3nnc(Nc4ccc(N)c(C=N)c4)s3)n2)cn1. The number of aromatic nitrogens is 6. The van der Waals surface area contributed by atoms with Gasteiger partial charge in [-0.05, 0) is 18.2 Å². The van der Waals surface area contributed by atoms with E-state index in [0.717, 1.165) is 5.69 Å². The van der Waals surface area contributed by atoms with Gasteiger partial charge in [-0.15, -0.1) is 10.2 Å². The zero-order chi connectivity index (χ0) is 21.1. The summed E-state index contributed by atoms with van der Waals surface area (Å²) < 4.78 is 1.54. The number of nitrogens with two attached hydrogens (primary N) is 1. The van der Waals surface area contributed by atoms with Gasteiger partial charge in [0.1, 0.15) is 5.69 Å². The highest BCUT2D eigenvalue weighted by Crippen LogP contribution is 2.28. The van der Waals surface area contributed by atoms with Crippen LogP contribution in [-0.2, 0) is 7.05 Å². The highest BCUT2D eigenvalue weighted by atomic mass is 32.1. The molecular weight excluding hydrogens is 404 g/mol. The highest BCUT2D eigenvalue weighted by Gasteiger charge is 2.13. The summed E-state index contributed by atoms with van der Waals surface area (Å²) in [7, 11) is 1.73. The first-order chi connectivity index (χ1) is 14.5. The molecule has 30 heavy (non-hydrogen) atoms. The highest BCUT2D eigenvalue weighted by molar-refractivity contribution is 7.18. The second-order valence-corrected chi connectivity index (χ2v) is 7.15. The molecule has 3 heterocycles. The minimum Gasteiger partial charge on any atom is -0.398 e. The van der Waals surface area contributed by atoms with Crippen molar-refractivity contribution in [2.75, 3.05) is 16.4 Å². The van der Waals surface area contributed by atoms with E-state index in [0.29, 0.717) is 38.5 Å². The molecule has 5 N–H and O–H groups in total. The summed E-state index contributed by atoms with van der Waals surface area (Å²) in [5, 5.41) is 26.5. The van der Waals surface area contributed by atoms with Crippen LogP contribution in [0, 0.1) is 5.41 Å². The number of benzene rings is 1. The number of carbonyl (C=O) groups is 1. The molecule has 11 nitrogen and oxygen atoms in total. The quantitative estimate of drug-likeness (QED) is 0.273. The summed E-state index contributed by atoms with van der Waals surface area (Å²) >= 11 is 1.28. The molecule has 0 aliphatic heterocycles. The molecule has 3 aromatic heterocycles. The maximum atomic E-state index is 12.3. The van der Waals surface area contributed by atoms with Gasteiger partial charge in [0.15, 0.2) is 10.8 Å². The minimum atomic E-state index is -0.334. The van der Waals surface area contributed by atoms with Crippen LogP contribution in [0.1, 0.15) is 15.9 Å². The third kappa shape index (κ3) is 4.12. The van der Waals surface area contributed by atoms with Crippen molar-refractivity contribution in [3.63, 3.8) is 0 Å². The molecule has 0 bridgehead atoms. The summed E-state index contributed by atoms with van der Waals surface area (Å²) in [5.74, 6) is -0.0419. The molecule has 150 valence electrons. The van der Waals surface area contributed by atoms with Crippen molar-refractivity contribution < 1.29 is 4.79 Å². The van der Waals surface area contributed by atoms with E-state index in [1.54, 1.807) is 42.3 Å². The first-order valence-corrected chi connectivity index (χ1v) is 9.46. The molecule has 1 aromatic carbocycles. The molecule has 4 aromatic rings. The van der Waals surface area contributed by atoms with Crippen LogP contribution >= 0.6 is 11.3 Å². The number of nitrogens with zero attached hydrogens (tertiary/aromatic N) is 6. The van der Waals surface area contributed by atoms with E-state index in [-0.39, 0.29) is 5.91 Å². The predicted molar refractivity (Wildman–Crippen MR) is 114 cm³/mol. The van der Waals surface area contributed by atoms with E-state index < -0.39 is 0 Å². The fraction of sp³-hybridized carbons (Fsp3) is 0.0556. The number of hydrogen-bond acceptors (Lipinski definition) is 10. The van der Waals surface area contributed by atoms with Gasteiger partial charge in [0.05, 0.1) is 24.2 Å². The topological polar surface area (TPSA) is 160 Å². The summed E-state index contributed by atoms with van der Waals surface area (Å²) in [6.07, 6.45) is 7.26. The average molecular weight is 420 g/mol. The van der Waals surface area contributed by atoms with Gasteiger partial charge in [0, 0.05) is 36.4 Å². The molecule has 0 atom stereocenters. The first kappa shape index (κ1) is 19.1. The zero-order valence-electron chi connectivity index (χ0n) is 15.7. The van der Waals surface area contributed by atoms with E-state index in [1.165, 1.54) is 29.9 Å². The average Bonchev–Trinajstić information content (AvgIpc) is 3.39. The third-order valence-corrected chi connectivity index (χ3v) is 4.84. The lowest BCUT2D eigenvalue weighted by Crippen LogP contribution is -2.12. The minimum absolute atomic E-state index is 0.292. The van der Waals surface area contributed by atoms with Gasteiger partial charge in [0.2, 0.25) is 5.13 Å². The maximum Gasteiger partial charge on any atom is 0.260 e. The number of rotatable bonds is 6. The van der Waals surface area contributed by atoms with Crippen LogP contribution in [0.3, 0.4) is 0 Å². The van der Waals surface area contributed by atoms with Crippen molar-refractivity contribution in [2.24, 2.45) is 7.05 Å². The molecule has 0 saturated carbocycles. The van der Waals surface area contributed by atoms with Gasteiger partial charge in [-0.1, -0.05) is 11.3 Å². The molecule has 0 aliphatic rings. The van der Waals surface area contributed by atoms with Gasteiger partial charge in [-0.3, -0.25) is 14.5 Å². The lowest BCUT2D eigenvalue weighted by molar-refractivity contribution is 0.102. The van der Waals surface area contributed by atoms with Crippen molar-refractivity contribution in [3.8, 4) is 10.7 Å². The van der Waals surface area contributed by atoms with Gasteiger partial charge >= 0.3 is 0 Å². The Bertz CT molecular complexity index is 1230. The molecule has 0 unspecified atom stereocenters. The fourth-order valence-corrected chi connectivity index (χ4v) is 3.25. The molecule has 0 aliphatic carbocycles. The Morgan fingerprint density at radius 3 is 2.90 bits per heavy atom. The molecule has 12 heteroatoms. The fourth-order valence-electron chi connectivity index (χ4n) is 2.53. The van der Waals surface area contributed by atoms with Gasteiger partial charge in [0.25, 0.3) is 5.91 Å². The van der Waals surface area contributed by atoms with Crippen LogP contribution in [-0.4, -0.2) is 42.1 Å². The Labute approximate surface area is 174 Å². The van der Waals surface area contributed by atoms with E-state index in [9.17, 15) is 4.79 Å². The van der Waals surface area contributed by atoms with Crippen LogP contribution in [0.4, 0.5) is 22.3 Å². The Morgan fingerprint density at radius 2 is 2.13 bits per heavy atom. The number of aryl methyl sites for hydroxylation is 1. The smallest absolute Gasteiger partial charge is 0.260 e. The summed E-state index contributed by atoms with van der Waals surface area (Å²) in [6, 6.07) is 5.25. The largest absolute Gasteiger partial charge is 0.398 e. The summed E-state index contributed by atoms with van der Waals surface area (Å²) in [4.78, 5) is 20.8. The molecule has 0 saturated heterocycles. The molecule has 0 radical (unpaired) electrons. The first-order valence-electron chi connectivity index (χ1n) is 8.65. The van der Waals surface area contributed by atoms with Crippen molar-refractivity contribution >= 4 is 45.8 Å². The normalized spacial score (nSPS) is 10.6. The van der Waals surface area contributed by atoms with Crippen LogP contribution in [0.25, 0.3) is 10.7 Å². The van der Waals surface area contributed by atoms with E-state index >= 15 is 0 Å². The molecule has 4 rings (SSSR count). The standard InChI is InChI=1S/C18H16N10OS/c1-28-9-11(6-22-28)16(29)25-15-8-21-7-14(24-15)17-26-27-18(30-17)23-12-2-3-13(20)10(4-12)5-19/h2-9,19H,20H2,1H3,(H,23,27)(H,24,25,29). The Hall–Kier alpha value is -4.19. The molecule has 1 amide bonds. The monoisotopic (exact) mass is 420 g/mol. The van der Waals surface area contributed by atoms with Crippen LogP contribution in [0.5, 0.6) is 0 Å². The van der Waals surface area contributed by atoms with Gasteiger partial charge in [-0.2, -0.15) is 5.10 Å². The van der Waals surface area contributed by atoms with Gasteiger partial charge < -0.3 is 21.8 Å². The van der Waals surface area contributed by atoms with Crippen molar-refractivity contribution in [1.29, 1.82) is 5.41 Å². The van der Waals surface area contributed by atoms with E-state index in [2.05, 4.69) is 35.9 Å². The number of nitrogens with one attached hydrogen (secondary N) is 3. The summed E-state index contributed by atoms with van der Waals surface area (Å²) in [5.41, 5.74) is 8.55. The number of nitrogen functional groups attached to an aromatic ring is 1. The number of anilines is 4. The lowest BCUT2D eigenvalue weighted by Gasteiger charge is -2.05. The second-order valence-electron chi connectivity index (χ2n) is 6.17. The third-order valence-electron chi connectivity index (χ3n) is 3.98. The maximum absolute atomic E-state index is 12.3. The number of hydrogen-bond donors (Lipinski definition) is 4. The second kappa shape index (κ2) is 8.05. The Balaban J connectivity index is 1.50. The predicted octanol–water partition coefficient (Wildman–Crippen LogP) is 2.30. The van der Waals surface area contributed by atoms with Crippen LogP contribution in [0.15, 0.2) is 43.0 Å².